The van der Waals surface area contributed by atoms with Crippen molar-refractivity contribution in [1.29, 1.82) is 0 Å². The zero-order valence-corrected chi connectivity index (χ0v) is 18.4. The molecule has 1 heterocycles. The van der Waals surface area contributed by atoms with Gasteiger partial charge in [-0.1, -0.05) is 0 Å². The number of nitrogens with one attached hydrogen (secondary N) is 1. The van der Waals surface area contributed by atoms with E-state index in [4.69, 9.17) is 14.2 Å². The van der Waals surface area contributed by atoms with Crippen molar-refractivity contribution < 1.29 is 19.0 Å². The lowest BCUT2D eigenvalue weighted by Gasteiger charge is -2.07. The molecule has 0 aliphatic carbocycles. The minimum Gasteiger partial charge on any atom is -0.497 e. The van der Waals surface area contributed by atoms with E-state index in [9.17, 15) is 4.79 Å². The van der Waals surface area contributed by atoms with Gasteiger partial charge in [-0.25, -0.2) is 4.98 Å². The van der Waals surface area contributed by atoms with Gasteiger partial charge in [-0.2, -0.15) is 0 Å². The van der Waals surface area contributed by atoms with Gasteiger partial charge in [0, 0.05) is 28.1 Å². The topological polar surface area (TPSA) is 69.7 Å². The summed E-state index contributed by atoms with van der Waals surface area (Å²) < 4.78 is 15.9. The molecule has 0 fully saturated rings. The summed E-state index contributed by atoms with van der Waals surface area (Å²) in [5, 5.41) is 3.38. The second-order valence-corrected chi connectivity index (χ2v) is 7.74. The predicted octanol–water partition coefficient (Wildman–Crippen LogP) is 5.10. The SMILES string of the molecule is COc1ccc(/C=C/C(=O)Nc2nc(-c3ccc(OC)c(C)c3)c(C)s2)c(OC)c1. The molecule has 7 heteroatoms. The van der Waals surface area contributed by atoms with Crippen LogP contribution in [0.15, 0.2) is 42.5 Å². The van der Waals surface area contributed by atoms with E-state index in [0.29, 0.717) is 16.6 Å². The number of hydrogen-bond acceptors (Lipinski definition) is 6. The molecule has 3 aromatic rings. The number of methoxy groups -OCH3 is 3. The van der Waals surface area contributed by atoms with E-state index >= 15 is 0 Å². The van der Waals surface area contributed by atoms with Gasteiger partial charge in [0.2, 0.25) is 5.91 Å². The standard InChI is InChI=1S/C23H24N2O4S/c1-14-12-17(7-10-19(14)28-4)22-15(2)30-23(25-22)24-21(26)11-8-16-6-9-18(27-3)13-20(16)29-5/h6-13H,1-5H3,(H,24,25,26)/b11-8+. The molecule has 0 unspecified atom stereocenters. The Labute approximate surface area is 180 Å². The van der Waals surface area contributed by atoms with Crippen LogP contribution in [0.2, 0.25) is 0 Å². The normalized spacial score (nSPS) is 10.8. The molecule has 0 spiro atoms. The number of aromatic nitrogens is 1. The van der Waals surface area contributed by atoms with Gasteiger partial charge in [0.1, 0.15) is 17.2 Å². The molecule has 1 aromatic heterocycles. The number of aryl methyl sites for hydroxylation is 2. The van der Waals surface area contributed by atoms with Gasteiger partial charge < -0.3 is 14.2 Å². The molecule has 0 saturated carbocycles. The minimum absolute atomic E-state index is 0.265. The van der Waals surface area contributed by atoms with Gasteiger partial charge in [0.15, 0.2) is 5.13 Å². The quantitative estimate of drug-likeness (QED) is 0.534. The van der Waals surface area contributed by atoms with E-state index in [-0.39, 0.29) is 5.91 Å². The summed E-state index contributed by atoms with van der Waals surface area (Å²) in [6.45, 7) is 3.98. The molecule has 30 heavy (non-hydrogen) atoms. The van der Waals surface area contributed by atoms with Crippen LogP contribution in [-0.4, -0.2) is 32.2 Å². The number of amides is 1. The molecule has 1 N–H and O–H groups in total. The third-order valence-electron chi connectivity index (χ3n) is 4.55. The molecule has 156 valence electrons. The average Bonchev–Trinajstić information content (AvgIpc) is 3.11. The zero-order chi connectivity index (χ0) is 21.7. The monoisotopic (exact) mass is 424 g/mol. The summed E-state index contributed by atoms with van der Waals surface area (Å²) >= 11 is 1.44. The van der Waals surface area contributed by atoms with Crippen molar-refractivity contribution in [3.8, 4) is 28.5 Å². The molecular weight excluding hydrogens is 400 g/mol. The highest BCUT2D eigenvalue weighted by Gasteiger charge is 2.12. The predicted molar refractivity (Wildman–Crippen MR) is 121 cm³/mol. The Morgan fingerprint density at radius 3 is 2.43 bits per heavy atom. The van der Waals surface area contributed by atoms with Crippen molar-refractivity contribution in [3.05, 3.63) is 58.5 Å². The highest BCUT2D eigenvalue weighted by atomic mass is 32.1. The number of thiazole rings is 1. The third kappa shape index (κ3) is 4.80. The number of ether oxygens (including phenoxy) is 3. The molecule has 0 bridgehead atoms. The molecule has 0 atom stereocenters. The molecular formula is C23H24N2O4S. The Kier molecular flexibility index (Phi) is 6.74. The molecule has 0 aliphatic heterocycles. The van der Waals surface area contributed by atoms with Crippen LogP contribution >= 0.6 is 11.3 Å². The average molecular weight is 425 g/mol. The fraction of sp³-hybridized carbons (Fsp3) is 0.217. The molecule has 0 saturated heterocycles. The van der Waals surface area contributed by atoms with Crippen molar-refractivity contribution in [2.75, 3.05) is 26.6 Å². The van der Waals surface area contributed by atoms with Crippen LogP contribution < -0.4 is 19.5 Å². The minimum atomic E-state index is -0.265. The van der Waals surface area contributed by atoms with E-state index in [1.165, 1.54) is 17.4 Å². The molecule has 2 aromatic carbocycles. The third-order valence-corrected chi connectivity index (χ3v) is 5.44. The summed E-state index contributed by atoms with van der Waals surface area (Å²) in [7, 11) is 4.82. The maximum absolute atomic E-state index is 12.4. The number of carbonyl (C=O) groups is 1. The van der Waals surface area contributed by atoms with E-state index in [1.807, 2.05) is 44.2 Å². The van der Waals surface area contributed by atoms with Crippen LogP contribution in [0.4, 0.5) is 5.13 Å². The van der Waals surface area contributed by atoms with Gasteiger partial charge >= 0.3 is 0 Å². The lowest BCUT2D eigenvalue weighted by atomic mass is 10.1. The lowest BCUT2D eigenvalue weighted by molar-refractivity contribution is -0.111. The van der Waals surface area contributed by atoms with Crippen LogP contribution in [0.1, 0.15) is 16.0 Å². The Balaban J connectivity index is 1.74. The number of nitrogens with zero attached hydrogens (tertiary/aromatic N) is 1. The maximum Gasteiger partial charge on any atom is 0.250 e. The first-order valence-electron chi connectivity index (χ1n) is 9.28. The fourth-order valence-electron chi connectivity index (χ4n) is 3.01. The Morgan fingerprint density at radius 1 is 1.00 bits per heavy atom. The van der Waals surface area contributed by atoms with Crippen molar-refractivity contribution in [1.82, 2.24) is 4.98 Å². The van der Waals surface area contributed by atoms with Crippen LogP contribution in [0.25, 0.3) is 17.3 Å². The van der Waals surface area contributed by atoms with E-state index in [1.54, 1.807) is 33.5 Å². The molecule has 1 amide bonds. The number of carbonyl (C=O) groups excluding carboxylic acids is 1. The molecule has 0 radical (unpaired) electrons. The molecule has 0 aliphatic rings. The highest BCUT2D eigenvalue weighted by molar-refractivity contribution is 7.16. The van der Waals surface area contributed by atoms with Gasteiger partial charge in [0.05, 0.1) is 27.0 Å². The Hall–Kier alpha value is -3.32. The molecule has 3 rings (SSSR count). The Morgan fingerprint density at radius 2 is 1.77 bits per heavy atom. The van der Waals surface area contributed by atoms with Gasteiger partial charge in [-0.15, -0.1) is 11.3 Å². The number of benzene rings is 2. The van der Waals surface area contributed by atoms with Crippen LogP contribution in [0.5, 0.6) is 17.2 Å². The van der Waals surface area contributed by atoms with Crippen molar-refractivity contribution in [3.63, 3.8) is 0 Å². The number of anilines is 1. The second-order valence-electron chi connectivity index (χ2n) is 6.54. The largest absolute Gasteiger partial charge is 0.497 e. The highest BCUT2D eigenvalue weighted by Crippen LogP contribution is 2.33. The summed E-state index contributed by atoms with van der Waals surface area (Å²) in [5.41, 5.74) is 3.64. The van der Waals surface area contributed by atoms with E-state index in [0.717, 1.165) is 33.0 Å². The summed E-state index contributed by atoms with van der Waals surface area (Å²) in [5.74, 6) is 1.88. The molecule has 6 nitrogen and oxygen atoms in total. The van der Waals surface area contributed by atoms with E-state index < -0.39 is 0 Å². The second kappa shape index (κ2) is 9.45. The van der Waals surface area contributed by atoms with Gasteiger partial charge in [-0.05, 0) is 55.8 Å². The van der Waals surface area contributed by atoms with Crippen LogP contribution in [0, 0.1) is 13.8 Å². The smallest absolute Gasteiger partial charge is 0.250 e. The van der Waals surface area contributed by atoms with Gasteiger partial charge in [0.25, 0.3) is 0 Å². The summed E-state index contributed by atoms with van der Waals surface area (Å²) in [4.78, 5) is 18.0. The first-order valence-corrected chi connectivity index (χ1v) is 10.1. The van der Waals surface area contributed by atoms with E-state index in [2.05, 4.69) is 10.3 Å². The first-order chi connectivity index (χ1) is 14.4. The fourth-order valence-corrected chi connectivity index (χ4v) is 3.85. The summed E-state index contributed by atoms with van der Waals surface area (Å²) in [6, 6.07) is 11.3. The van der Waals surface area contributed by atoms with Crippen molar-refractivity contribution in [2.24, 2.45) is 0 Å². The first kappa shape index (κ1) is 21.4. The van der Waals surface area contributed by atoms with Crippen molar-refractivity contribution in [2.45, 2.75) is 13.8 Å². The maximum atomic E-state index is 12.4. The zero-order valence-electron chi connectivity index (χ0n) is 17.6. The lowest BCUT2D eigenvalue weighted by Crippen LogP contribution is -2.07. The van der Waals surface area contributed by atoms with Crippen molar-refractivity contribution >= 4 is 28.5 Å². The number of rotatable bonds is 7. The number of hydrogen-bond donors (Lipinski definition) is 1. The Bertz CT molecular complexity index is 1090. The summed E-state index contributed by atoms with van der Waals surface area (Å²) in [6.07, 6.45) is 3.15. The van der Waals surface area contributed by atoms with Crippen LogP contribution in [0.3, 0.4) is 0 Å². The van der Waals surface area contributed by atoms with Crippen LogP contribution in [-0.2, 0) is 4.79 Å². The van der Waals surface area contributed by atoms with Gasteiger partial charge in [-0.3, -0.25) is 10.1 Å².